The second kappa shape index (κ2) is 10.7. The van der Waals surface area contributed by atoms with Crippen molar-refractivity contribution < 1.29 is 55.3 Å². The Morgan fingerprint density at radius 2 is 1.16 bits per heavy atom. The highest BCUT2D eigenvalue weighted by Gasteiger charge is 2.55. The fraction of sp³-hybridized carbons (Fsp3) is 0.500. The van der Waals surface area contributed by atoms with Crippen molar-refractivity contribution in [2.75, 3.05) is 13.2 Å². The molecule has 0 aromatic carbocycles. The number of nitrogens with zero attached hydrogens (tertiary/aromatic N) is 6. The predicted molar refractivity (Wildman–Crippen MR) is 135 cm³/mol. The molecule has 0 bridgehead atoms. The Morgan fingerprint density at radius 3 is 1.57 bits per heavy atom. The number of hydrogen-bond acceptors (Lipinski definition) is 14. The van der Waals surface area contributed by atoms with Crippen LogP contribution in [-0.2, 0) is 36.7 Å². The molecule has 0 saturated carbocycles. The van der Waals surface area contributed by atoms with Gasteiger partial charge in [0.15, 0.2) is 47.1 Å². The number of H-pyrrole nitrogens is 2. The Hall–Kier alpha value is -3.30. The second-order valence-corrected chi connectivity index (χ2v) is 12.6. The van der Waals surface area contributed by atoms with Crippen LogP contribution >= 0.6 is 15.6 Å². The first-order valence-electron chi connectivity index (χ1n) is 12.6. The van der Waals surface area contributed by atoms with Crippen LogP contribution < -0.4 is 11.1 Å². The summed E-state index contributed by atoms with van der Waals surface area (Å²) < 4.78 is 90.9. The van der Waals surface area contributed by atoms with E-state index < -0.39 is 89.2 Å². The molecule has 3 fully saturated rings. The average molecular weight is 664 g/mol. The van der Waals surface area contributed by atoms with E-state index in [0.717, 1.165) is 34.4 Å². The maximum absolute atomic E-state index is 15.8. The van der Waals surface area contributed by atoms with E-state index in [2.05, 4.69) is 29.9 Å². The highest BCUT2D eigenvalue weighted by Crippen LogP contribution is 2.54. The van der Waals surface area contributed by atoms with Crippen LogP contribution in [0.3, 0.4) is 0 Å². The predicted octanol–water partition coefficient (Wildman–Crippen LogP) is -0.258. The van der Waals surface area contributed by atoms with Crippen molar-refractivity contribution >= 4 is 38.0 Å². The SMILES string of the molecule is O=c1[nH]cnc2c1ncn2[C@@H]1O[C@@H]2COP(=O)(O)O[C@H]3[C@@H](F)[C@H](n4cnc5c(=O)[nH]cnc54)O[C@@H]3COP(=O)(O)O[C@H]2[C@H]1F. The van der Waals surface area contributed by atoms with Crippen LogP contribution in [0.4, 0.5) is 8.78 Å². The van der Waals surface area contributed by atoms with Crippen molar-refractivity contribution in [1.29, 1.82) is 0 Å². The van der Waals surface area contributed by atoms with Crippen molar-refractivity contribution in [3.8, 4) is 0 Å². The third-order valence-electron chi connectivity index (χ3n) is 7.13. The summed E-state index contributed by atoms with van der Waals surface area (Å²) in [5.74, 6) is 0. The molecule has 10 atom stereocenters. The second-order valence-electron chi connectivity index (χ2n) is 9.80. The van der Waals surface area contributed by atoms with Crippen molar-refractivity contribution in [2.24, 2.45) is 0 Å². The first-order valence-corrected chi connectivity index (χ1v) is 15.6. The number of ether oxygens (including phenoxy) is 2. The minimum Gasteiger partial charge on any atom is -0.346 e. The molecule has 0 spiro atoms. The first-order chi connectivity index (χ1) is 20.9. The van der Waals surface area contributed by atoms with E-state index in [9.17, 15) is 28.5 Å². The van der Waals surface area contributed by atoms with Gasteiger partial charge in [-0.3, -0.25) is 36.8 Å². The summed E-state index contributed by atoms with van der Waals surface area (Å²) in [4.78, 5) is 65.2. The number of aromatic nitrogens is 8. The molecular weight excluding hydrogens is 644 g/mol. The zero-order valence-corrected chi connectivity index (χ0v) is 23.4. The van der Waals surface area contributed by atoms with Gasteiger partial charge in [0.2, 0.25) is 0 Å². The highest BCUT2D eigenvalue weighted by atomic mass is 31.2. The summed E-state index contributed by atoms with van der Waals surface area (Å²) in [7, 11) is -10.3. The number of alkyl halides is 2. The zero-order valence-electron chi connectivity index (χ0n) is 21.7. The quantitative estimate of drug-likeness (QED) is 0.201. The summed E-state index contributed by atoms with van der Waals surface area (Å²) in [5.41, 5.74) is -1.78. The molecule has 3 aliphatic heterocycles. The normalized spacial score (nSPS) is 38.3. The van der Waals surface area contributed by atoms with Gasteiger partial charge in [-0.15, -0.1) is 0 Å². The van der Waals surface area contributed by atoms with Gasteiger partial charge < -0.3 is 29.2 Å². The molecule has 24 heteroatoms. The van der Waals surface area contributed by atoms with E-state index >= 15 is 8.78 Å². The number of phosphoric acid groups is 2. The summed E-state index contributed by atoms with van der Waals surface area (Å²) in [6.45, 7) is -1.90. The third-order valence-corrected chi connectivity index (χ3v) is 9.10. The zero-order chi connectivity index (χ0) is 31.0. The van der Waals surface area contributed by atoms with Crippen molar-refractivity contribution in [1.82, 2.24) is 39.0 Å². The Balaban J connectivity index is 1.17. The number of imidazole rings is 2. The van der Waals surface area contributed by atoms with E-state index in [0.29, 0.717) is 0 Å². The minimum absolute atomic E-state index is 0.0989. The Morgan fingerprint density at radius 1 is 0.750 bits per heavy atom. The molecular formula is C20H20F2N8O12P2. The van der Waals surface area contributed by atoms with E-state index in [-0.39, 0.29) is 22.3 Å². The molecule has 236 valence electrons. The summed E-state index contributed by atoms with van der Waals surface area (Å²) in [6.07, 6.45) is -10.8. The van der Waals surface area contributed by atoms with Gasteiger partial charge in [0, 0.05) is 0 Å². The number of hydrogen-bond donors (Lipinski definition) is 4. The fourth-order valence-corrected chi connectivity index (χ4v) is 7.07. The molecule has 0 amide bonds. The highest BCUT2D eigenvalue weighted by molar-refractivity contribution is 7.47. The lowest BCUT2D eigenvalue weighted by atomic mass is 10.1. The standard InChI is InChI=1S/C20H20F2N8O12P2/c21-9-13-7(39-19(9)29-5-27-11-15(29)23-3-25-17(11)31)1-37-43(33,34)42-14-8(2-38-44(35,36)41-13)40-20(10(14)22)30-6-28-12-16(30)24-4-26-18(12)32/h3-10,13-14,19-20H,1-2H2,(H,33,34)(H,35,36)(H,23,25,31)(H,24,26,32)/t7-,8-,9-,10-,13-,14-,19-,20-/m1/s1. The van der Waals surface area contributed by atoms with Gasteiger partial charge >= 0.3 is 15.6 Å². The Labute approximate surface area is 241 Å². The van der Waals surface area contributed by atoms with E-state index in [4.69, 9.17) is 27.6 Å². The maximum atomic E-state index is 15.8. The lowest BCUT2D eigenvalue weighted by Gasteiger charge is -2.27. The molecule has 20 nitrogen and oxygen atoms in total. The molecule has 0 radical (unpaired) electrons. The lowest BCUT2D eigenvalue weighted by molar-refractivity contribution is -0.0662. The Kier molecular flexibility index (Phi) is 7.12. The number of fused-ring (bicyclic) bond motifs is 4. The van der Waals surface area contributed by atoms with Gasteiger partial charge in [0.25, 0.3) is 11.1 Å². The number of halogens is 2. The summed E-state index contributed by atoms with van der Waals surface area (Å²) >= 11 is 0. The smallest absolute Gasteiger partial charge is 0.346 e. The van der Waals surface area contributed by atoms with Gasteiger partial charge in [-0.1, -0.05) is 0 Å². The molecule has 0 aliphatic carbocycles. The van der Waals surface area contributed by atoms with Gasteiger partial charge in [-0.05, 0) is 0 Å². The van der Waals surface area contributed by atoms with Gasteiger partial charge in [-0.2, -0.15) is 0 Å². The molecule has 4 aromatic rings. The van der Waals surface area contributed by atoms with Gasteiger partial charge in [-0.25, -0.2) is 37.8 Å². The van der Waals surface area contributed by atoms with Crippen LogP contribution in [0.15, 0.2) is 34.9 Å². The molecule has 4 aromatic heterocycles. The van der Waals surface area contributed by atoms with Crippen LogP contribution in [0.5, 0.6) is 0 Å². The van der Waals surface area contributed by atoms with Crippen LogP contribution in [-0.4, -0.2) is 98.8 Å². The first kappa shape index (κ1) is 29.4. The third kappa shape index (κ3) is 5.02. The van der Waals surface area contributed by atoms with E-state index in [1.54, 1.807) is 0 Å². The van der Waals surface area contributed by atoms with Gasteiger partial charge in [0.1, 0.15) is 24.4 Å². The van der Waals surface area contributed by atoms with E-state index in [1.807, 2.05) is 0 Å². The van der Waals surface area contributed by atoms with Gasteiger partial charge in [0.05, 0.1) is 38.5 Å². The molecule has 7 heterocycles. The monoisotopic (exact) mass is 664 g/mol. The topological polar surface area (TPSA) is 257 Å². The number of aromatic amines is 2. The van der Waals surface area contributed by atoms with Crippen LogP contribution in [0.1, 0.15) is 12.5 Å². The van der Waals surface area contributed by atoms with E-state index in [1.165, 1.54) is 0 Å². The number of nitrogens with one attached hydrogen (secondary N) is 2. The largest absolute Gasteiger partial charge is 0.472 e. The fourth-order valence-electron chi connectivity index (χ4n) is 5.16. The molecule has 2 unspecified atom stereocenters. The molecule has 3 saturated heterocycles. The summed E-state index contributed by atoms with van der Waals surface area (Å²) in [5, 5.41) is 0. The molecule has 4 N–H and O–H groups in total. The van der Waals surface area contributed by atoms with Crippen LogP contribution in [0.2, 0.25) is 0 Å². The molecule has 44 heavy (non-hydrogen) atoms. The Bertz CT molecular complexity index is 1810. The van der Waals surface area contributed by atoms with Crippen LogP contribution in [0, 0.1) is 0 Å². The number of phosphoric ester groups is 2. The lowest BCUT2D eigenvalue weighted by Crippen LogP contribution is -2.37. The molecule has 7 rings (SSSR count). The van der Waals surface area contributed by atoms with Crippen molar-refractivity contribution in [3.63, 3.8) is 0 Å². The maximum Gasteiger partial charge on any atom is 0.472 e. The van der Waals surface area contributed by atoms with Crippen molar-refractivity contribution in [2.45, 2.75) is 49.2 Å². The number of rotatable bonds is 2. The summed E-state index contributed by atoms with van der Waals surface area (Å²) in [6, 6.07) is 0. The van der Waals surface area contributed by atoms with Crippen LogP contribution in [0.25, 0.3) is 22.3 Å². The van der Waals surface area contributed by atoms with Crippen molar-refractivity contribution in [3.05, 3.63) is 46.0 Å². The average Bonchev–Trinajstić information content (AvgIpc) is 3.73. The molecule has 3 aliphatic rings. The minimum atomic E-state index is -5.17.